The Labute approximate surface area is 222 Å². The van der Waals surface area contributed by atoms with Gasteiger partial charge in [0.2, 0.25) is 0 Å². The molecule has 38 heavy (non-hydrogen) atoms. The van der Waals surface area contributed by atoms with Gasteiger partial charge in [-0.1, -0.05) is 45.5 Å². The maximum atomic E-state index is 14.6. The van der Waals surface area contributed by atoms with E-state index in [-0.39, 0.29) is 24.7 Å². The normalized spacial score (nSPS) is 18.0. The van der Waals surface area contributed by atoms with Crippen molar-refractivity contribution < 1.29 is 23.0 Å². The Bertz CT molecular complexity index is 1240. The standard InChI is InChI=1S/C30H36F3N3O2/c1-6-20(2)28(34)35-36-15-13-23(17-21(36)3)22-7-12-26(33)27(18-22)38-16-14-29(4,19-31)30(5,37)24-8-10-25(32)11-9-24/h7-13,15,17-18,20,37H,3,6,14,16,19H2,1-2,4-5H3,(H2,34,35). The number of hydrazone groups is 1. The zero-order valence-corrected chi connectivity index (χ0v) is 22.3. The van der Waals surface area contributed by atoms with Crippen LogP contribution in [0, 0.1) is 23.0 Å². The molecule has 0 amide bonds. The predicted molar refractivity (Wildman–Crippen MR) is 146 cm³/mol. The Morgan fingerprint density at radius 2 is 1.87 bits per heavy atom. The van der Waals surface area contributed by atoms with E-state index in [0.29, 0.717) is 22.7 Å². The number of amidine groups is 1. The Morgan fingerprint density at radius 3 is 2.47 bits per heavy atom. The van der Waals surface area contributed by atoms with Gasteiger partial charge in [0.05, 0.1) is 24.6 Å². The fourth-order valence-corrected chi connectivity index (χ4v) is 3.99. The van der Waals surface area contributed by atoms with E-state index in [1.165, 1.54) is 37.3 Å². The first-order valence-electron chi connectivity index (χ1n) is 12.6. The highest BCUT2D eigenvalue weighted by atomic mass is 19.1. The van der Waals surface area contributed by atoms with E-state index in [1.807, 2.05) is 26.0 Å². The molecule has 0 saturated carbocycles. The van der Waals surface area contributed by atoms with Gasteiger partial charge >= 0.3 is 0 Å². The van der Waals surface area contributed by atoms with Gasteiger partial charge in [-0.2, -0.15) is 5.10 Å². The summed E-state index contributed by atoms with van der Waals surface area (Å²) in [7, 11) is 0. The third-order valence-corrected chi connectivity index (χ3v) is 7.40. The Morgan fingerprint density at radius 1 is 1.18 bits per heavy atom. The SMILES string of the molecule is C=C1C=C(c2ccc(F)c(OCCC(C)(CF)C(C)(O)c3ccc(F)cc3)c2)C=CN1/N=C(/N)C(C)CC. The lowest BCUT2D eigenvalue weighted by Crippen LogP contribution is -2.44. The molecule has 8 heteroatoms. The molecule has 2 aromatic carbocycles. The van der Waals surface area contributed by atoms with E-state index in [1.54, 1.807) is 30.3 Å². The lowest BCUT2D eigenvalue weighted by atomic mass is 9.69. The van der Waals surface area contributed by atoms with Crippen LogP contribution in [0.5, 0.6) is 5.75 Å². The first-order valence-corrected chi connectivity index (χ1v) is 12.6. The molecular weight excluding hydrogens is 491 g/mol. The summed E-state index contributed by atoms with van der Waals surface area (Å²) in [6.07, 6.45) is 6.32. The molecule has 1 aliphatic rings. The number of nitrogens with zero attached hydrogens (tertiary/aromatic N) is 2. The monoisotopic (exact) mass is 527 g/mol. The second-order valence-electron chi connectivity index (χ2n) is 10.1. The van der Waals surface area contributed by atoms with Crippen LogP contribution in [0.25, 0.3) is 5.57 Å². The van der Waals surface area contributed by atoms with Crippen molar-refractivity contribution in [3.8, 4) is 5.75 Å². The minimum Gasteiger partial charge on any atom is -0.490 e. The molecule has 5 nitrogen and oxygen atoms in total. The molecule has 0 radical (unpaired) electrons. The summed E-state index contributed by atoms with van der Waals surface area (Å²) in [5, 5.41) is 17.2. The molecule has 0 bridgehead atoms. The number of allylic oxidation sites excluding steroid dienone is 3. The second-order valence-corrected chi connectivity index (χ2v) is 10.1. The van der Waals surface area contributed by atoms with Crippen molar-refractivity contribution in [2.45, 2.75) is 46.1 Å². The Balaban J connectivity index is 1.72. The largest absolute Gasteiger partial charge is 0.490 e. The topological polar surface area (TPSA) is 71.1 Å². The van der Waals surface area contributed by atoms with Crippen LogP contribution in [0.3, 0.4) is 0 Å². The van der Waals surface area contributed by atoms with Crippen LogP contribution in [0.4, 0.5) is 13.2 Å². The van der Waals surface area contributed by atoms with Crippen molar-refractivity contribution in [2.75, 3.05) is 13.3 Å². The van der Waals surface area contributed by atoms with Crippen LogP contribution in [-0.4, -0.2) is 29.2 Å². The third kappa shape index (κ3) is 6.30. The summed E-state index contributed by atoms with van der Waals surface area (Å²) in [5.41, 5.74) is 5.65. The first-order chi connectivity index (χ1) is 17.9. The van der Waals surface area contributed by atoms with Crippen LogP contribution in [-0.2, 0) is 5.60 Å². The minimum atomic E-state index is -1.61. The molecule has 3 rings (SSSR count). The number of halogens is 3. The van der Waals surface area contributed by atoms with Crippen LogP contribution in [0.15, 0.2) is 78.2 Å². The van der Waals surface area contributed by atoms with E-state index in [9.17, 15) is 18.3 Å². The van der Waals surface area contributed by atoms with Crippen molar-refractivity contribution >= 4 is 11.4 Å². The van der Waals surface area contributed by atoms with Gasteiger partial charge in [-0.05, 0) is 72.9 Å². The summed E-state index contributed by atoms with van der Waals surface area (Å²) in [6.45, 7) is 10.2. The fourth-order valence-electron chi connectivity index (χ4n) is 3.99. The average molecular weight is 528 g/mol. The number of hydrogen-bond acceptors (Lipinski definition) is 4. The molecule has 3 atom stereocenters. The summed E-state index contributed by atoms with van der Waals surface area (Å²) in [4.78, 5) is 0. The van der Waals surface area contributed by atoms with Crippen molar-refractivity contribution in [3.05, 3.63) is 95.9 Å². The molecule has 0 spiro atoms. The number of hydrogen-bond donors (Lipinski definition) is 2. The van der Waals surface area contributed by atoms with Gasteiger partial charge in [0, 0.05) is 17.5 Å². The molecule has 1 aliphatic heterocycles. The number of rotatable bonds is 11. The molecular formula is C30H36F3N3O2. The quantitative estimate of drug-likeness (QED) is 0.253. The van der Waals surface area contributed by atoms with Crippen LogP contribution < -0.4 is 10.5 Å². The van der Waals surface area contributed by atoms with Gasteiger partial charge in [0.15, 0.2) is 11.6 Å². The van der Waals surface area contributed by atoms with E-state index < -0.39 is 29.3 Å². The smallest absolute Gasteiger partial charge is 0.165 e. The molecule has 3 unspecified atom stereocenters. The maximum absolute atomic E-state index is 14.6. The maximum Gasteiger partial charge on any atom is 0.165 e. The fraction of sp³-hybridized carbons (Fsp3) is 0.367. The summed E-state index contributed by atoms with van der Waals surface area (Å²) in [6, 6.07) is 9.79. The molecule has 204 valence electrons. The van der Waals surface area contributed by atoms with Crippen LogP contribution in [0.1, 0.15) is 51.7 Å². The minimum absolute atomic E-state index is 0.00603. The second kappa shape index (κ2) is 11.9. The highest BCUT2D eigenvalue weighted by Crippen LogP contribution is 2.43. The van der Waals surface area contributed by atoms with Gasteiger partial charge in [0.1, 0.15) is 11.7 Å². The van der Waals surface area contributed by atoms with E-state index >= 15 is 0 Å². The zero-order valence-electron chi connectivity index (χ0n) is 22.3. The number of ether oxygens (including phenoxy) is 1. The highest BCUT2D eigenvalue weighted by molar-refractivity contribution is 5.83. The van der Waals surface area contributed by atoms with Gasteiger partial charge < -0.3 is 15.6 Å². The molecule has 2 aromatic rings. The van der Waals surface area contributed by atoms with Gasteiger partial charge in [-0.3, -0.25) is 4.39 Å². The highest BCUT2D eigenvalue weighted by Gasteiger charge is 2.44. The number of alkyl halides is 1. The number of benzene rings is 2. The Kier molecular flexibility index (Phi) is 9.09. The lowest BCUT2D eigenvalue weighted by molar-refractivity contribution is -0.0881. The number of nitrogens with two attached hydrogens (primary N) is 1. The average Bonchev–Trinajstić information content (AvgIpc) is 2.90. The van der Waals surface area contributed by atoms with Crippen molar-refractivity contribution in [1.29, 1.82) is 0 Å². The summed E-state index contributed by atoms with van der Waals surface area (Å²) >= 11 is 0. The van der Waals surface area contributed by atoms with E-state index in [4.69, 9.17) is 10.5 Å². The van der Waals surface area contributed by atoms with Crippen molar-refractivity contribution in [3.63, 3.8) is 0 Å². The third-order valence-electron chi connectivity index (χ3n) is 7.40. The van der Waals surface area contributed by atoms with E-state index in [2.05, 4.69) is 11.7 Å². The lowest BCUT2D eigenvalue weighted by Gasteiger charge is -2.41. The Hall–Kier alpha value is -3.52. The zero-order chi connectivity index (χ0) is 28.1. The molecule has 0 aromatic heterocycles. The molecule has 3 N–H and O–H groups in total. The number of aliphatic hydroxyl groups is 1. The van der Waals surface area contributed by atoms with Crippen molar-refractivity contribution in [2.24, 2.45) is 22.2 Å². The summed E-state index contributed by atoms with van der Waals surface area (Å²) in [5.74, 6) is -0.366. The van der Waals surface area contributed by atoms with Crippen molar-refractivity contribution in [1.82, 2.24) is 5.01 Å². The predicted octanol–water partition coefficient (Wildman–Crippen LogP) is 6.66. The summed E-state index contributed by atoms with van der Waals surface area (Å²) < 4.78 is 47.9. The van der Waals surface area contributed by atoms with Gasteiger partial charge in [0.25, 0.3) is 0 Å². The van der Waals surface area contributed by atoms with Gasteiger partial charge in [-0.15, -0.1) is 0 Å². The van der Waals surface area contributed by atoms with E-state index in [0.717, 1.165) is 12.0 Å². The molecule has 0 aliphatic carbocycles. The van der Waals surface area contributed by atoms with Crippen LogP contribution >= 0.6 is 0 Å². The van der Waals surface area contributed by atoms with Crippen LogP contribution in [0.2, 0.25) is 0 Å². The van der Waals surface area contributed by atoms with Gasteiger partial charge in [-0.25, -0.2) is 13.8 Å². The molecule has 0 saturated heterocycles. The first kappa shape index (κ1) is 29.0. The molecule has 0 fully saturated rings. The molecule has 1 heterocycles.